The fourth-order valence-electron chi connectivity index (χ4n) is 2.13. The van der Waals surface area contributed by atoms with Gasteiger partial charge in [-0.15, -0.1) is 12.4 Å². The highest BCUT2D eigenvalue weighted by Crippen LogP contribution is 2.13. The molecule has 5 nitrogen and oxygen atoms in total. The first-order valence-electron chi connectivity index (χ1n) is 6.58. The van der Waals surface area contributed by atoms with Gasteiger partial charge in [-0.25, -0.2) is 9.97 Å². The van der Waals surface area contributed by atoms with Crippen molar-refractivity contribution in [3.8, 4) is 0 Å². The molecule has 0 bridgehead atoms. The zero-order valence-electron chi connectivity index (χ0n) is 11.8. The van der Waals surface area contributed by atoms with E-state index in [0.717, 1.165) is 37.3 Å². The van der Waals surface area contributed by atoms with Crippen LogP contribution in [-0.4, -0.2) is 40.8 Å². The van der Waals surface area contributed by atoms with E-state index in [1.807, 2.05) is 19.9 Å². The molecule has 1 aliphatic rings. The molecule has 2 rings (SSSR count). The Morgan fingerprint density at radius 3 is 2.75 bits per heavy atom. The van der Waals surface area contributed by atoms with Crippen LogP contribution < -0.4 is 10.6 Å². The van der Waals surface area contributed by atoms with Crippen LogP contribution >= 0.6 is 24.2 Å². The number of halogens is 1. The summed E-state index contributed by atoms with van der Waals surface area (Å²) in [6.45, 7) is 5.80. The van der Waals surface area contributed by atoms with Gasteiger partial charge in [0, 0.05) is 24.0 Å². The summed E-state index contributed by atoms with van der Waals surface area (Å²) in [4.78, 5) is 20.5. The first kappa shape index (κ1) is 17.2. The van der Waals surface area contributed by atoms with Crippen molar-refractivity contribution in [2.45, 2.75) is 37.9 Å². The van der Waals surface area contributed by atoms with E-state index in [0.29, 0.717) is 10.9 Å². The van der Waals surface area contributed by atoms with E-state index in [-0.39, 0.29) is 24.4 Å². The predicted molar refractivity (Wildman–Crippen MR) is 83.5 cm³/mol. The molecule has 2 N–H and O–H groups in total. The van der Waals surface area contributed by atoms with E-state index in [9.17, 15) is 4.79 Å². The highest BCUT2D eigenvalue weighted by atomic mass is 35.5. The van der Waals surface area contributed by atoms with E-state index in [4.69, 9.17) is 0 Å². The molecule has 1 fully saturated rings. The third kappa shape index (κ3) is 5.64. The smallest absolute Gasteiger partial charge is 0.230 e. The Kier molecular flexibility index (Phi) is 7.26. The second kappa shape index (κ2) is 8.44. The average Bonchev–Trinajstić information content (AvgIpc) is 2.36. The maximum absolute atomic E-state index is 11.8. The molecule has 0 saturated carbocycles. The van der Waals surface area contributed by atoms with Crippen LogP contribution in [0, 0.1) is 13.8 Å². The molecule has 1 aliphatic heterocycles. The van der Waals surface area contributed by atoms with Crippen molar-refractivity contribution in [2.75, 3.05) is 18.8 Å². The van der Waals surface area contributed by atoms with Gasteiger partial charge in [0.25, 0.3) is 0 Å². The Hall–Kier alpha value is -0.850. The molecule has 1 saturated heterocycles. The van der Waals surface area contributed by atoms with E-state index < -0.39 is 0 Å². The second-order valence-corrected chi connectivity index (χ2v) is 5.78. The summed E-state index contributed by atoms with van der Waals surface area (Å²) < 4.78 is 0. The quantitative estimate of drug-likeness (QED) is 0.650. The van der Waals surface area contributed by atoms with Crippen LogP contribution in [-0.2, 0) is 4.79 Å². The van der Waals surface area contributed by atoms with E-state index in [1.165, 1.54) is 11.8 Å². The standard InChI is InChI=1S/C13H20N4OS.ClH/c1-9-6-10(2)16-13(15-9)19-8-12(18)17-11-4-3-5-14-7-11;/h6,11,14H,3-5,7-8H2,1-2H3,(H,17,18);1H. The van der Waals surface area contributed by atoms with Crippen LogP contribution in [0.15, 0.2) is 11.2 Å². The summed E-state index contributed by atoms with van der Waals surface area (Å²) in [6, 6.07) is 2.19. The SMILES string of the molecule is Cc1cc(C)nc(SCC(=O)NC2CCCNC2)n1.Cl. The molecule has 1 aromatic heterocycles. The van der Waals surface area contributed by atoms with E-state index in [2.05, 4.69) is 20.6 Å². The summed E-state index contributed by atoms with van der Waals surface area (Å²) in [5.74, 6) is 0.431. The highest BCUT2D eigenvalue weighted by molar-refractivity contribution is 7.99. The first-order chi connectivity index (χ1) is 9.13. The van der Waals surface area contributed by atoms with Crippen LogP contribution in [0.3, 0.4) is 0 Å². The number of hydrogen-bond donors (Lipinski definition) is 2. The molecule has 0 aromatic carbocycles. The van der Waals surface area contributed by atoms with Gasteiger partial charge in [-0.2, -0.15) is 0 Å². The van der Waals surface area contributed by atoms with Crippen molar-refractivity contribution < 1.29 is 4.79 Å². The van der Waals surface area contributed by atoms with Gasteiger partial charge >= 0.3 is 0 Å². The number of nitrogens with one attached hydrogen (secondary N) is 2. The predicted octanol–water partition coefficient (Wildman–Crippen LogP) is 1.48. The summed E-state index contributed by atoms with van der Waals surface area (Å²) in [5, 5.41) is 7.00. The number of carbonyl (C=O) groups excluding carboxylic acids is 1. The van der Waals surface area contributed by atoms with Crippen molar-refractivity contribution >= 4 is 30.1 Å². The maximum Gasteiger partial charge on any atom is 0.230 e. The molecule has 0 spiro atoms. The molecule has 1 amide bonds. The summed E-state index contributed by atoms with van der Waals surface area (Å²) >= 11 is 1.39. The molecule has 112 valence electrons. The molecular formula is C13H21ClN4OS. The van der Waals surface area contributed by atoms with Crippen LogP contribution in [0.4, 0.5) is 0 Å². The molecule has 0 aliphatic carbocycles. The van der Waals surface area contributed by atoms with Crippen LogP contribution in [0.5, 0.6) is 0 Å². The van der Waals surface area contributed by atoms with Gasteiger partial charge < -0.3 is 10.6 Å². The van der Waals surface area contributed by atoms with Gasteiger partial charge in [-0.1, -0.05) is 11.8 Å². The minimum Gasteiger partial charge on any atom is -0.351 e. The number of amides is 1. The number of aryl methyl sites for hydroxylation is 2. The molecule has 2 heterocycles. The zero-order valence-corrected chi connectivity index (χ0v) is 13.4. The number of thioether (sulfide) groups is 1. The number of rotatable bonds is 4. The largest absolute Gasteiger partial charge is 0.351 e. The monoisotopic (exact) mass is 316 g/mol. The van der Waals surface area contributed by atoms with Gasteiger partial charge in [-0.3, -0.25) is 4.79 Å². The lowest BCUT2D eigenvalue weighted by molar-refractivity contribution is -0.119. The fraction of sp³-hybridized carbons (Fsp3) is 0.615. The molecule has 1 unspecified atom stereocenters. The van der Waals surface area contributed by atoms with E-state index >= 15 is 0 Å². The second-order valence-electron chi connectivity index (χ2n) is 4.83. The lowest BCUT2D eigenvalue weighted by Gasteiger charge is -2.23. The lowest BCUT2D eigenvalue weighted by atomic mass is 10.1. The summed E-state index contributed by atoms with van der Waals surface area (Å²) in [7, 11) is 0. The number of carbonyl (C=O) groups is 1. The lowest BCUT2D eigenvalue weighted by Crippen LogP contribution is -2.46. The van der Waals surface area contributed by atoms with Crippen molar-refractivity contribution in [3.63, 3.8) is 0 Å². The van der Waals surface area contributed by atoms with Gasteiger partial charge in [0.2, 0.25) is 5.91 Å². The molecule has 20 heavy (non-hydrogen) atoms. The van der Waals surface area contributed by atoms with Crippen LogP contribution in [0.1, 0.15) is 24.2 Å². The van der Waals surface area contributed by atoms with Crippen molar-refractivity contribution in [3.05, 3.63) is 17.5 Å². The Morgan fingerprint density at radius 1 is 1.45 bits per heavy atom. The Morgan fingerprint density at radius 2 is 2.15 bits per heavy atom. The normalized spacial score (nSPS) is 18.2. The number of piperidine rings is 1. The zero-order chi connectivity index (χ0) is 13.7. The molecule has 0 radical (unpaired) electrons. The molecular weight excluding hydrogens is 296 g/mol. The summed E-state index contributed by atoms with van der Waals surface area (Å²) in [5.41, 5.74) is 1.87. The Bertz CT molecular complexity index is 432. The third-order valence-electron chi connectivity index (χ3n) is 2.96. The first-order valence-corrected chi connectivity index (χ1v) is 7.57. The number of hydrogen-bond acceptors (Lipinski definition) is 5. The average molecular weight is 317 g/mol. The van der Waals surface area contributed by atoms with Gasteiger partial charge in [0.1, 0.15) is 0 Å². The summed E-state index contributed by atoms with van der Waals surface area (Å²) in [6.07, 6.45) is 2.18. The van der Waals surface area contributed by atoms with Gasteiger partial charge in [0.15, 0.2) is 5.16 Å². The van der Waals surface area contributed by atoms with Crippen LogP contribution in [0.25, 0.3) is 0 Å². The third-order valence-corrected chi connectivity index (χ3v) is 3.80. The Labute approximate surface area is 130 Å². The minimum absolute atomic E-state index is 0. The van der Waals surface area contributed by atoms with E-state index in [1.54, 1.807) is 0 Å². The minimum atomic E-state index is 0. The fourth-order valence-corrected chi connectivity index (χ4v) is 2.89. The van der Waals surface area contributed by atoms with Crippen molar-refractivity contribution in [2.24, 2.45) is 0 Å². The number of nitrogens with zero attached hydrogens (tertiary/aromatic N) is 2. The molecule has 7 heteroatoms. The molecule has 1 atom stereocenters. The topological polar surface area (TPSA) is 66.9 Å². The van der Waals surface area contributed by atoms with Crippen molar-refractivity contribution in [1.29, 1.82) is 0 Å². The van der Waals surface area contributed by atoms with Crippen LogP contribution in [0.2, 0.25) is 0 Å². The molecule has 1 aromatic rings. The van der Waals surface area contributed by atoms with Gasteiger partial charge in [0.05, 0.1) is 5.75 Å². The van der Waals surface area contributed by atoms with Crippen molar-refractivity contribution in [1.82, 2.24) is 20.6 Å². The maximum atomic E-state index is 11.8. The van der Waals surface area contributed by atoms with Gasteiger partial charge in [-0.05, 0) is 39.3 Å². The Balaban J connectivity index is 0.00000200. The highest BCUT2D eigenvalue weighted by Gasteiger charge is 2.15. The number of aromatic nitrogens is 2.